The average molecular weight is 250 g/mol. The maximum absolute atomic E-state index is 6.29. The summed E-state index contributed by atoms with van der Waals surface area (Å²) < 4.78 is 1.92. The Morgan fingerprint density at radius 3 is 2.80 bits per heavy atom. The first kappa shape index (κ1) is 12.8. The van der Waals surface area contributed by atoms with Gasteiger partial charge in [0, 0.05) is 7.05 Å². The van der Waals surface area contributed by atoms with Crippen LogP contribution in [0.5, 0.6) is 0 Å². The van der Waals surface area contributed by atoms with Crippen molar-refractivity contribution in [3.63, 3.8) is 0 Å². The molecule has 1 aliphatic heterocycles. The third kappa shape index (κ3) is 2.30. The van der Waals surface area contributed by atoms with Crippen LogP contribution in [0.3, 0.4) is 0 Å². The van der Waals surface area contributed by atoms with Crippen LogP contribution in [0.4, 0.5) is 0 Å². The van der Waals surface area contributed by atoms with Crippen LogP contribution in [0, 0.1) is 0 Å². The lowest BCUT2D eigenvalue weighted by Gasteiger charge is -2.10. The number of hydrogen-bond acceptors (Lipinski definition) is 2. The van der Waals surface area contributed by atoms with Crippen molar-refractivity contribution in [2.75, 3.05) is 6.54 Å². The van der Waals surface area contributed by atoms with E-state index in [1.807, 2.05) is 11.7 Å². The van der Waals surface area contributed by atoms with Crippen molar-refractivity contribution in [2.45, 2.75) is 32.2 Å². The summed E-state index contributed by atoms with van der Waals surface area (Å²) in [5.74, 6) is 0. The van der Waals surface area contributed by atoms with Gasteiger partial charge in [-0.05, 0) is 25.8 Å². The van der Waals surface area contributed by atoms with Gasteiger partial charge in [0.2, 0.25) is 0 Å². The first-order valence-corrected chi connectivity index (χ1v) is 5.56. The Morgan fingerprint density at radius 2 is 2.33 bits per heavy atom. The highest BCUT2D eigenvalue weighted by Gasteiger charge is 2.24. The van der Waals surface area contributed by atoms with Crippen LogP contribution >= 0.6 is 24.0 Å². The summed E-state index contributed by atoms with van der Waals surface area (Å²) in [5.41, 5.74) is 2.17. The van der Waals surface area contributed by atoms with Gasteiger partial charge < -0.3 is 5.32 Å². The Labute approximate surface area is 102 Å². The lowest BCUT2D eigenvalue weighted by atomic mass is 10.1. The Bertz CT molecular complexity index is 330. The molecule has 1 fully saturated rings. The fourth-order valence-electron chi connectivity index (χ4n) is 2.09. The largest absolute Gasteiger partial charge is 0.309 e. The van der Waals surface area contributed by atoms with Crippen LogP contribution in [0.2, 0.25) is 5.02 Å². The normalized spacial score (nSPS) is 20.3. The Hall–Kier alpha value is -0.250. The molecule has 86 valence electrons. The summed E-state index contributed by atoms with van der Waals surface area (Å²) in [4.78, 5) is 0. The Morgan fingerprint density at radius 1 is 1.60 bits per heavy atom. The molecular weight excluding hydrogens is 233 g/mol. The van der Waals surface area contributed by atoms with Gasteiger partial charge in [0.15, 0.2) is 0 Å². The fourth-order valence-corrected chi connectivity index (χ4v) is 2.52. The Balaban J connectivity index is 0.00000112. The van der Waals surface area contributed by atoms with Crippen molar-refractivity contribution < 1.29 is 0 Å². The van der Waals surface area contributed by atoms with Crippen LogP contribution in [0.1, 0.15) is 37.2 Å². The zero-order valence-corrected chi connectivity index (χ0v) is 10.7. The first-order chi connectivity index (χ1) is 6.74. The minimum Gasteiger partial charge on any atom is -0.309 e. The van der Waals surface area contributed by atoms with Crippen LogP contribution in [-0.4, -0.2) is 16.3 Å². The summed E-state index contributed by atoms with van der Waals surface area (Å²) >= 11 is 6.29. The molecule has 15 heavy (non-hydrogen) atoms. The minimum absolute atomic E-state index is 0. The van der Waals surface area contributed by atoms with Crippen molar-refractivity contribution in [3.8, 4) is 0 Å². The predicted molar refractivity (Wildman–Crippen MR) is 64.8 cm³/mol. The highest BCUT2D eigenvalue weighted by molar-refractivity contribution is 6.32. The van der Waals surface area contributed by atoms with E-state index in [1.165, 1.54) is 12.8 Å². The van der Waals surface area contributed by atoms with E-state index in [0.717, 1.165) is 29.4 Å². The van der Waals surface area contributed by atoms with Crippen LogP contribution in [0.25, 0.3) is 0 Å². The third-order valence-corrected chi connectivity index (χ3v) is 3.23. The Kier molecular flexibility index (Phi) is 4.44. The van der Waals surface area contributed by atoms with Gasteiger partial charge in [-0.2, -0.15) is 5.10 Å². The average Bonchev–Trinajstić information content (AvgIpc) is 2.74. The number of hydrogen-bond donors (Lipinski definition) is 1. The molecule has 0 saturated carbocycles. The zero-order chi connectivity index (χ0) is 10.1. The maximum atomic E-state index is 6.29. The topological polar surface area (TPSA) is 29.9 Å². The highest BCUT2D eigenvalue weighted by Crippen LogP contribution is 2.31. The van der Waals surface area contributed by atoms with E-state index in [1.54, 1.807) is 0 Å². The molecule has 1 aliphatic rings. The monoisotopic (exact) mass is 249 g/mol. The number of rotatable bonds is 2. The molecule has 1 saturated heterocycles. The van der Waals surface area contributed by atoms with E-state index in [2.05, 4.69) is 17.3 Å². The van der Waals surface area contributed by atoms with E-state index in [0.29, 0.717) is 6.04 Å². The second-order valence-electron chi connectivity index (χ2n) is 3.77. The smallest absolute Gasteiger partial charge is 0.0866 e. The molecule has 1 N–H and O–H groups in total. The maximum Gasteiger partial charge on any atom is 0.0866 e. The minimum atomic E-state index is 0. The van der Waals surface area contributed by atoms with Crippen molar-refractivity contribution >= 4 is 24.0 Å². The number of aromatic nitrogens is 2. The molecule has 0 amide bonds. The van der Waals surface area contributed by atoms with Gasteiger partial charge in [0.1, 0.15) is 0 Å². The zero-order valence-electron chi connectivity index (χ0n) is 9.09. The van der Waals surface area contributed by atoms with Crippen LogP contribution in [0.15, 0.2) is 0 Å². The molecule has 1 unspecified atom stereocenters. The number of nitrogens with one attached hydrogen (secondary N) is 1. The third-order valence-electron chi connectivity index (χ3n) is 2.82. The fraction of sp³-hybridized carbons (Fsp3) is 0.700. The van der Waals surface area contributed by atoms with E-state index in [9.17, 15) is 0 Å². The van der Waals surface area contributed by atoms with Gasteiger partial charge in [-0.1, -0.05) is 18.5 Å². The highest BCUT2D eigenvalue weighted by atomic mass is 35.5. The van der Waals surface area contributed by atoms with Crippen molar-refractivity contribution in [1.29, 1.82) is 0 Å². The number of halogens is 2. The van der Waals surface area contributed by atoms with Crippen LogP contribution < -0.4 is 5.32 Å². The molecule has 1 aromatic rings. The predicted octanol–water partition coefficient (Wildman–Crippen LogP) is 2.48. The van der Waals surface area contributed by atoms with Gasteiger partial charge >= 0.3 is 0 Å². The molecule has 0 radical (unpaired) electrons. The summed E-state index contributed by atoms with van der Waals surface area (Å²) in [6, 6.07) is 0.403. The lowest BCUT2D eigenvalue weighted by Crippen LogP contribution is -2.16. The first-order valence-electron chi connectivity index (χ1n) is 5.18. The molecule has 0 aliphatic carbocycles. The standard InChI is InChI=1S/C10H16ClN3.ClH/c1-3-7-9(11)10(14(2)13-7)8-5-4-6-12-8;/h8,12H,3-6H2,1-2H3;1H. The second-order valence-corrected chi connectivity index (χ2v) is 4.15. The molecule has 3 nitrogen and oxygen atoms in total. The summed E-state index contributed by atoms with van der Waals surface area (Å²) in [6.07, 6.45) is 3.30. The van der Waals surface area contributed by atoms with E-state index < -0.39 is 0 Å². The van der Waals surface area contributed by atoms with Gasteiger partial charge in [-0.25, -0.2) is 0 Å². The summed E-state index contributed by atoms with van der Waals surface area (Å²) in [7, 11) is 1.97. The van der Waals surface area contributed by atoms with E-state index in [4.69, 9.17) is 11.6 Å². The van der Waals surface area contributed by atoms with Gasteiger partial charge in [0.25, 0.3) is 0 Å². The quantitative estimate of drug-likeness (QED) is 0.873. The molecule has 5 heteroatoms. The summed E-state index contributed by atoms with van der Waals surface area (Å²) in [5, 5.41) is 8.72. The molecule has 0 bridgehead atoms. The molecular formula is C10H17Cl2N3. The van der Waals surface area contributed by atoms with E-state index >= 15 is 0 Å². The van der Waals surface area contributed by atoms with Gasteiger partial charge in [-0.3, -0.25) is 4.68 Å². The molecule has 1 aromatic heterocycles. The van der Waals surface area contributed by atoms with Crippen molar-refractivity contribution in [1.82, 2.24) is 15.1 Å². The number of aryl methyl sites for hydroxylation is 2. The molecule has 0 aromatic carbocycles. The molecule has 1 atom stereocenters. The SMILES string of the molecule is CCc1nn(C)c(C2CCCN2)c1Cl.Cl. The second kappa shape index (κ2) is 5.19. The van der Waals surface area contributed by atoms with E-state index in [-0.39, 0.29) is 12.4 Å². The van der Waals surface area contributed by atoms with Crippen molar-refractivity contribution in [3.05, 3.63) is 16.4 Å². The summed E-state index contributed by atoms with van der Waals surface area (Å²) in [6.45, 7) is 3.17. The van der Waals surface area contributed by atoms with Gasteiger partial charge in [0.05, 0.1) is 22.5 Å². The number of nitrogens with zero attached hydrogens (tertiary/aromatic N) is 2. The van der Waals surface area contributed by atoms with Gasteiger partial charge in [-0.15, -0.1) is 12.4 Å². The molecule has 2 rings (SSSR count). The molecule has 0 spiro atoms. The van der Waals surface area contributed by atoms with Crippen LogP contribution in [-0.2, 0) is 13.5 Å². The molecule has 2 heterocycles. The van der Waals surface area contributed by atoms with Crippen molar-refractivity contribution in [2.24, 2.45) is 7.05 Å². The lowest BCUT2D eigenvalue weighted by molar-refractivity contribution is 0.573.